The van der Waals surface area contributed by atoms with Gasteiger partial charge >= 0.3 is 0 Å². The molecule has 1 aromatic carbocycles. The highest BCUT2D eigenvalue weighted by molar-refractivity contribution is 7.12. The van der Waals surface area contributed by atoms with Crippen molar-refractivity contribution in [1.29, 1.82) is 0 Å². The Kier molecular flexibility index (Phi) is 4.56. The van der Waals surface area contributed by atoms with E-state index in [2.05, 4.69) is 31.3 Å². The SMILES string of the molecule is COc1ccc(CNC(C)c2ccc(C)s2)c(F)c1. The molecule has 2 aromatic rings. The maximum Gasteiger partial charge on any atom is 0.131 e. The molecule has 0 aliphatic rings. The van der Waals surface area contributed by atoms with E-state index in [1.54, 1.807) is 23.5 Å². The zero-order valence-electron chi connectivity index (χ0n) is 11.4. The van der Waals surface area contributed by atoms with Crippen LogP contribution in [0.3, 0.4) is 0 Å². The molecular weight excluding hydrogens is 261 g/mol. The maximum atomic E-state index is 13.8. The molecule has 102 valence electrons. The van der Waals surface area contributed by atoms with Gasteiger partial charge in [-0.25, -0.2) is 4.39 Å². The summed E-state index contributed by atoms with van der Waals surface area (Å²) in [5.74, 6) is 0.310. The van der Waals surface area contributed by atoms with Gasteiger partial charge in [0.05, 0.1) is 7.11 Å². The standard InChI is InChI=1S/C15H18FNOS/c1-10-4-7-15(19-10)11(2)17-9-12-5-6-13(18-3)8-14(12)16/h4-8,11,17H,9H2,1-3H3. The van der Waals surface area contributed by atoms with Crippen molar-refractivity contribution in [2.45, 2.75) is 26.4 Å². The Morgan fingerprint density at radius 2 is 2.11 bits per heavy atom. The van der Waals surface area contributed by atoms with Gasteiger partial charge in [0.1, 0.15) is 11.6 Å². The fourth-order valence-corrected chi connectivity index (χ4v) is 2.75. The second-order valence-corrected chi connectivity index (χ2v) is 5.83. The minimum Gasteiger partial charge on any atom is -0.497 e. The first kappa shape index (κ1) is 14.0. The number of hydrogen-bond donors (Lipinski definition) is 1. The Hall–Kier alpha value is -1.39. The number of rotatable bonds is 5. The van der Waals surface area contributed by atoms with Crippen LogP contribution in [0.15, 0.2) is 30.3 Å². The molecule has 4 heteroatoms. The van der Waals surface area contributed by atoms with Crippen molar-refractivity contribution in [2.24, 2.45) is 0 Å². The second kappa shape index (κ2) is 6.17. The lowest BCUT2D eigenvalue weighted by Gasteiger charge is -2.13. The van der Waals surface area contributed by atoms with Crippen LogP contribution in [0.2, 0.25) is 0 Å². The fourth-order valence-electron chi connectivity index (χ4n) is 1.85. The largest absolute Gasteiger partial charge is 0.497 e. The lowest BCUT2D eigenvalue weighted by molar-refractivity contribution is 0.410. The van der Waals surface area contributed by atoms with Gasteiger partial charge in [-0.2, -0.15) is 0 Å². The van der Waals surface area contributed by atoms with Crippen molar-refractivity contribution >= 4 is 11.3 Å². The van der Waals surface area contributed by atoms with E-state index in [-0.39, 0.29) is 11.9 Å². The molecular formula is C15H18FNOS. The van der Waals surface area contributed by atoms with Crippen molar-refractivity contribution < 1.29 is 9.13 Å². The highest BCUT2D eigenvalue weighted by Crippen LogP contribution is 2.23. The van der Waals surface area contributed by atoms with Crippen LogP contribution < -0.4 is 10.1 Å². The molecule has 1 unspecified atom stereocenters. The van der Waals surface area contributed by atoms with E-state index in [1.165, 1.54) is 22.9 Å². The zero-order chi connectivity index (χ0) is 13.8. The third-order valence-corrected chi connectivity index (χ3v) is 4.23. The molecule has 0 spiro atoms. The minimum atomic E-state index is -0.235. The summed E-state index contributed by atoms with van der Waals surface area (Å²) in [6, 6.07) is 9.39. The zero-order valence-corrected chi connectivity index (χ0v) is 12.2. The van der Waals surface area contributed by atoms with Gasteiger partial charge in [0.15, 0.2) is 0 Å². The fraction of sp³-hybridized carbons (Fsp3) is 0.333. The van der Waals surface area contributed by atoms with Crippen LogP contribution in [-0.4, -0.2) is 7.11 Å². The Labute approximate surface area is 117 Å². The number of aryl methyl sites for hydroxylation is 1. The van der Waals surface area contributed by atoms with Gasteiger partial charge in [-0.1, -0.05) is 6.07 Å². The van der Waals surface area contributed by atoms with Gasteiger partial charge < -0.3 is 10.1 Å². The van der Waals surface area contributed by atoms with Crippen molar-refractivity contribution in [1.82, 2.24) is 5.32 Å². The van der Waals surface area contributed by atoms with E-state index < -0.39 is 0 Å². The van der Waals surface area contributed by atoms with Gasteiger partial charge in [-0.05, 0) is 32.0 Å². The molecule has 0 saturated carbocycles. The third-order valence-electron chi connectivity index (χ3n) is 3.05. The molecule has 0 aliphatic heterocycles. The van der Waals surface area contributed by atoms with Crippen LogP contribution in [0.1, 0.15) is 28.3 Å². The van der Waals surface area contributed by atoms with Gasteiger partial charge in [0.2, 0.25) is 0 Å². The van der Waals surface area contributed by atoms with Crippen LogP contribution >= 0.6 is 11.3 Å². The molecule has 0 fully saturated rings. The molecule has 0 bridgehead atoms. The summed E-state index contributed by atoms with van der Waals surface area (Å²) in [7, 11) is 1.54. The number of benzene rings is 1. The van der Waals surface area contributed by atoms with Crippen LogP contribution in [0.5, 0.6) is 5.75 Å². The first-order valence-corrected chi connectivity index (χ1v) is 7.04. The Morgan fingerprint density at radius 3 is 2.68 bits per heavy atom. The molecule has 1 aromatic heterocycles. The number of methoxy groups -OCH3 is 1. The summed E-state index contributed by atoms with van der Waals surface area (Å²) in [5.41, 5.74) is 0.654. The molecule has 0 amide bonds. The summed E-state index contributed by atoms with van der Waals surface area (Å²) < 4.78 is 18.8. The van der Waals surface area contributed by atoms with E-state index in [4.69, 9.17) is 4.74 Å². The summed E-state index contributed by atoms with van der Waals surface area (Å²) >= 11 is 1.76. The first-order chi connectivity index (χ1) is 9.10. The average molecular weight is 279 g/mol. The molecule has 1 atom stereocenters. The number of halogens is 1. The van der Waals surface area contributed by atoms with Gasteiger partial charge in [-0.3, -0.25) is 0 Å². The molecule has 19 heavy (non-hydrogen) atoms. The van der Waals surface area contributed by atoms with Gasteiger partial charge in [0.25, 0.3) is 0 Å². The summed E-state index contributed by atoms with van der Waals surface area (Å²) in [5, 5.41) is 3.34. The molecule has 0 saturated heterocycles. The number of hydrogen-bond acceptors (Lipinski definition) is 3. The summed E-state index contributed by atoms with van der Waals surface area (Å²) in [6.07, 6.45) is 0. The van der Waals surface area contributed by atoms with Crippen LogP contribution in [0, 0.1) is 12.7 Å². The van der Waals surface area contributed by atoms with E-state index >= 15 is 0 Å². The molecule has 2 rings (SSSR count). The maximum absolute atomic E-state index is 13.8. The lowest BCUT2D eigenvalue weighted by Crippen LogP contribution is -2.17. The van der Waals surface area contributed by atoms with E-state index in [9.17, 15) is 4.39 Å². The van der Waals surface area contributed by atoms with Crippen molar-refractivity contribution in [2.75, 3.05) is 7.11 Å². The Balaban J connectivity index is 1.98. The Bertz CT molecular complexity index is 553. The molecule has 1 N–H and O–H groups in total. The monoisotopic (exact) mass is 279 g/mol. The van der Waals surface area contributed by atoms with Crippen molar-refractivity contribution in [3.63, 3.8) is 0 Å². The molecule has 1 heterocycles. The van der Waals surface area contributed by atoms with Gasteiger partial charge in [-0.15, -0.1) is 11.3 Å². The molecule has 0 aliphatic carbocycles. The quantitative estimate of drug-likeness (QED) is 0.891. The number of ether oxygens (including phenoxy) is 1. The van der Waals surface area contributed by atoms with Crippen molar-refractivity contribution in [3.8, 4) is 5.75 Å². The van der Waals surface area contributed by atoms with Crippen LogP contribution in [0.4, 0.5) is 4.39 Å². The summed E-state index contributed by atoms with van der Waals surface area (Å²) in [6.45, 7) is 4.69. The smallest absolute Gasteiger partial charge is 0.131 e. The lowest BCUT2D eigenvalue weighted by atomic mass is 10.2. The average Bonchev–Trinajstić information content (AvgIpc) is 2.83. The highest BCUT2D eigenvalue weighted by atomic mass is 32.1. The highest BCUT2D eigenvalue weighted by Gasteiger charge is 2.09. The predicted molar refractivity (Wildman–Crippen MR) is 77.3 cm³/mol. The number of thiophene rings is 1. The Morgan fingerprint density at radius 1 is 1.32 bits per heavy atom. The molecule has 2 nitrogen and oxygen atoms in total. The predicted octanol–water partition coefficient (Wildman–Crippen LogP) is 4.06. The second-order valence-electron chi connectivity index (χ2n) is 4.51. The third kappa shape index (κ3) is 3.55. The number of nitrogens with one attached hydrogen (secondary N) is 1. The summed E-state index contributed by atoms with van der Waals surface area (Å²) in [4.78, 5) is 2.56. The molecule has 0 radical (unpaired) electrons. The minimum absolute atomic E-state index is 0.222. The topological polar surface area (TPSA) is 21.3 Å². The van der Waals surface area contributed by atoms with Crippen molar-refractivity contribution in [3.05, 3.63) is 51.5 Å². The first-order valence-electron chi connectivity index (χ1n) is 6.22. The van der Waals surface area contributed by atoms with Crippen LogP contribution in [0.25, 0.3) is 0 Å². The normalized spacial score (nSPS) is 12.4. The van der Waals surface area contributed by atoms with Gasteiger partial charge in [0, 0.05) is 34.0 Å². The van der Waals surface area contributed by atoms with E-state index in [0.29, 0.717) is 17.9 Å². The van der Waals surface area contributed by atoms with E-state index in [1.807, 2.05) is 0 Å². The van der Waals surface area contributed by atoms with Crippen LogP contribution in [-0.2, 0) is 6.54 Å². The van der Waals surface area contributed by atoms with E-state index in [0.717, 1.165) is 0 Å².